The summed E-state index contributed by atoms with van der Waals surface area (Å²) in [5, 5.41) is 0.721. The molecule has 1 aromatic heterocycles. The van der Waals surface area contributed by atoms with Crippen molar-refractivity contribution in [2.45, 2.75) is 45.1 Å². The predicted octanol–water partition coefficient (Wildman–Crippen LogP) is 4.70. The van der Waals surface area contributed by atoms with Crippen molar-refractivity contribution in [3.05, 3.63) is 41.3 Å². The van der Waals surface area contributed by atoms with Gasteiger partial charge in [-0.2, -0.15) is 0 Å². The number of imidazole rings is 1. The number of aromatic nitrogens is 2. The van der Waals surface area contributed by atoms with Crippen molar-refractivity contribution in [3.63, 3.8) is 0 Å². The number of aromatic amines is 1. The lowest BCUT2D eigenvalue weighted by Crippen LogP contribution is -2.11. The molecule has 0 aliphatic heterocycles. The summed E-state index contributed by atoms with van der Waals surface area (Å²) < 4.78 is 0. The molecule has 0 saturated carbocycles. The van der Waals surface area contributed by atoms with Gasteiger partial charge in [0.1, 0.15) is 5.82 Å². The molecule has 2 aromatic rings. The molecule has 0 amide bonds. The van der Waals surface area contributed by atoms with Crippen molar-refractivity contribution in [2.24, 2.45) is 5.73 Å². The molecule has 1 aromatic carbocycles. The van der Waals surface area contributed by atoms with E-state index in [2.05, 4.69) is 16.9 Å². The van der Waals surface area contributed by atoms with Gasteiger partial charge in [-0.25, -0.2) is 4.98 Å². The summed E-state index contributed by atoms with van der Waals surface area (Å²) in [5.74, 6) is 0.844. The number of nitrogens with two attached hydrogens (primary N) is 1. The maximum Gasteiger partial charge on any atom is 0.123 e. The average Bonchev–Trinajstić information content (AvgIpc) is 2.93. The van der Waals surface area contributed by atoms with Gasteiger partial charge in [0.05, 0.1) is 17.9 Å². The molecule has 0 saturated heterocycles. The van der Waals surface area contributed by atoms with Crippen LogP contribution in [0.1, 0.15) is 50.9 Å². The van der Waals surface area contributed by atoms with Gasteiger partial charge in [-0.05, 0) is 12.5 Å². The van der Waals surface area contributed by atoms with E-state index in [1.807, 2.05) is 30.5 Å². The number of halogens is 1. The van der Waals surface area contributed by atoms with Gasteiger partial charge in [0.15, 0.2) is 0 Å². The van der Waals surface area contributed by atoms with Crippen LogP contribution in [0, 0.1) is 0 Å². The molecular weight excluding hydrogens is 270 g/mol. The molecule has 3 nitrogen and oxygen atoms in total. The first-order valence-electron chi connectivity index (χ1n) is 7.27. The Morgan fingerprint density at radius 3 is 2.80 bits per heavy atom. The highest BCUT2D eigenvalue weighted by molar-refractivity contribution is 6.33. The van der Waals surface area contributed by atoms with Gasteiger partial charge >= 0.3 is 0 Å². The summed E-state index contributed by atoms with van der Waals surface area (Å²) in [4.78, 5) is 7.68. The summed E-state index contributed by atoms with van der Waals surface area (Å²) in [6.07, 6.45) is 7.68. The third-order valence-electron chi connectivity index (χ3n) is 3.48. The predicted molar refractivity (Wildman–Crippen MR) is 84.7 cm³/mol. The van der Waals surface area contributed by atoms with Gasteiger partial charge in [-0.3, -0.25) is 0 Å². The van der Waals surface area contributed by atoms with E-state index in [9.17, 15) is 0 Å². The van der Waals surface area contributed by atoms with E-state index in [0.29, 0.717) is 0 Å². The summed E-state index contributed by atoms with van der Waals surface area (Å²) in [6.45, 7) is 2.21. The SMILES string of the molecule is CCCCCC[C@@H](N)c1ncc(-c2ccccc2Cl)[nH]1. The Kier molecular flexibility index (Phi) is 5.62. The number of unbranched alkanes of at least 4 members (excludes halogenated alkanes) is 3. The summed E-state index contributed by atoms with van der Waals surface area (Å²) in [5.41, 5.74) is 8.07. The molecule has 0 bridgehead atoms. The molecule has 4 heteroatoms. The fraction of sp³-hybridized carbons (Fsp3) is 0.438. The number of rotatable bonds is 7. The van der Waals surface area contributed by atoms with E-state index in [-0.39, 0.29) is 6.04 Å². The lowest BCUT2D eigenvalue weighted by Gasteiger charge is -2.08. The molecule has 1 heterocycles. The van der Waals surface area contributed by atoms with Crippen molar-refractivity contribution >= 4 is 11.6 Å². The number of benzene rings is 1. The summed E-state index contributed by atoms with van der Waals surface area (Å²) >= 11 is 6.19. The average molecular weight is 292 g/mol. The van der Waals surface area contributed by atoms with Crippen LogP contribution in [-0.4, -0.2) is 9.97 Å². The maximum atomic E-state index is 6.19. The van der Waals surface area contributed by atoms with Gasteiger partial charge in [-0.1, -0.05) is 62.4 Å². The fourth-order valence-corrected chi connectivity index (χ4v) is 2.51. The van der Waals surface area contributed by atoms with E-state index < -0.39 is 0 Å². The van der Waals surface area contributed by atoms with Crippen molar-refractivity contribution in [3.8, 4) is 11.3 Å². The quantitative estimate of drug-likeness (QED) is 0.726. The minimum Gasteiger partial charge on any atom is -0.341 e. The molecule has 0 aliphatic rings. The monoisotopic (exact) mass is 291 g/mol. The minimum atomic E-state index is -0.0249. The van der Waals surface area contributed by atoms with E-state index in [1.165, 1.54) is 19.3 Å². The lowest BCUT2D eigenvalue weighted by molar-refractivity contribution is 0.550. The van der Waals surface area contributed by atoms with E-state index in [0.717, 1.165) is 34.9 Å². The van der Waals surface area contributed by atoms with Crippen LogP contribution in [0.2, 0.25) is 5.02 Å². The Labute approximate surface area is 125 Å². The first kappa shape index (κ1) is 15.1. The zero-order valence-electron chi connectivity index (χ0n) is 11.9. The molecule has 0 fully saturated rings. The van der Waals surface area contributed by atoms with Gasteiger partial charge in [0.2, 0.25) is 0 Å². The number of nitrogens with zero attached hydrogens (tertiary/aromatic N) is 1. The molecule has 108 valence electrons. The fourth-order valence-electron chi connectivity index (χ4n) is 2.27. The number of hydrogen-bond acceptors (Lipinski definition) is 2. The Hall–Kier alpha value is -1.32. The molecule has 3 N–H and O–H groups in total. The largest absolute Gasteiger partial charge is 0.341 e. The number of nitrogens with one attached hydrogen (secondary N) is 1. The summed E-state index contributed by atoms with van der Waals surface area (Å²) in [7, 11) is 0. The summed E-state index contributed by atoms with van der Waals surface area (Å²) in [6, 6.07) is 7.71. The number of hydrogen-bond donors (Lipinski definition) is 2. The van der Waals surface area contributed by atoms with Gasteiger partial charge < -0.3 is 10.7 Å². The second-order valence-electron chi connectivity index (χ2n) is 5.12. The zero-order valence-corrected chi connectivity index (χ0v) is 12.7. The second-order valence-corrected chi connectivity index (χ2v) is 5.52. The molecule has 1 atom stereocenters. The molecular formula is C16H22ClN3. The highest BCUT2D eigenvalue weighted by Gasteiger charge is 2.12. The van der Waals surface area contributed by atoms with Gasteiger partial charge in [-0.15, -0.1) is 0 Å². The smallest absolute Gasteiger partial charge is 0.123 e. The normalized spacial score (nSPS) is 12.6. The van der Waals surface area contributed by atoms with Crippen LogP contribution < -0.4 is 5.73 Å². The van der Waals surface area contributed by atoms with Crippen molar-refractivity contribution in [2.75, 3.05) is 0 Å². The molecule has 0 radical (unpaired) electrons. The van der Waals surface area contributed by atoms with E-state index >= 15 is 0 Å². The lowest BCUT2D eigenvalue weighted by atomic mass is 10.1. The molecule has 20 heavy (non-hydrogen) atoms. The Morgan fingerprint density at radius 1 is 1.25 bits per heavy atom. The third-order valence-corrected chi connectivity index (χ3v) is 3.81. The Bertz CT molecular complexity index is 536. The van der Waals surface area contributed by atoms with E-state index in [4.69, 9.17) is 17.3 Å². The van der Waals surface area contributed by atoms with Crippen LogP contribution in [0.3, 0.4) is 0 Å². The van der Waals surface area contributed by atoms with Crippen LogP contribution in [0.4, 0.5) is 0 Å². The first-order valence-corrected chi connectivity index (χ1v) is 7.65. The molecule has 0 aliphatic carbocycles. The van der Waals surface area contributed by atoms with Crippen molar-refractivity contribution < 1.29 is 0 Å². The second kappa shape index (κ2) is 7.46. The zero-order chi connectivity index (χ0) is 14.4. The number of H-pyrrole nitrogens is 1. The molecule has 2 rings (SSSR count). The topological polar surface area (TPSA) is 54.7 Å². The van der Waals surface area contributed by atoms with Crippen LogP contribution in [0.25, 0.3) is 11.3 Å². The van der Waals surface area contributed by atoms with Gasteiger partial charge in [0.25, 0.3) is 0 Å². The molecule has 0 spiro atoms. The minimum absolute atomic E-state index is 0.0249. The van der Waals surface area contributed by atoms with Crippen LogP contribution in [0.5, 0.6) is 0 Å². The van der Waals surface area contributed by atoms with Crippen molar-refractivity contribution in [1.29, 1.82) is 0 Å². The standard InChI is InChI=1S/C16H22ClN3/c1-2-3-4-5-10-14(18)16-19-11-15(20-16)12-8-6-7-9-13(12)17/h6-9,11,14H,2-5,10,18H2,1H3,(H,19,20)/t14-/m1/s1. The van der Waals surface area contributed by atoms with Crippen LogP contribution >= 0.6 is 11.6 Å². The van der Waals surface area contributed by atoms with Crippen LogP contribution in [0.15, 0.2) is 30.5 Å². The first-order chi connectivity index (χ1) is 9.72. The highest BCUT2D eigenvalue weighted by atomic mass is 35.5. The van der Waals surface area contributed by atoms with Gasteiger partial charge in [0, 0.05) is 10.6 Å². The highest BCUT2D eigenvalue weighted by Crippen LogP contribution is 2.27. The maximum absolute atomic E-state index is 6.19. The Morgan fingerprint density at radius 2 is 2.05 bits per heavy atom. The van der Waals surface area contributed by atoms with E-state index in [1.54, 1.807) is 0 Å². The third kappa shape index (κ3) is 3.84. The van der Waals surface area contributed by atoms with Crippen LogP contribution in [-0.2, 0) is 0 Å². The molecule has 0 unspecified atom stereocenters. The van der Waals surface area contributed by atoms with Crippen molar-refractivity contribution in [1.82, 2.24) is 9.97 Å². The Balaban J connectivity index is 2.00.